The lowest BCUT2D eigenvalue weighted by molar-refractivity contribution is -0.438. The molecule has 1 N–H and O–H groups in total. The third-order valence-corrected chi connectivity index (χ3v) is 9.58. The van der Waals surface area contributed by atoms with Gasteiger partial charge in [0.1, 0.15) is 12.3 Å². The van der Waals surface area contributed by atoms with E-state index in [4.69, 9.17) is 4.55 Å². The minimum atomic E-state index is -3.96. The van der Waals surface area contributed by atoms with Crippen LogP contribution in [0.25, 0.3) is 0 Å². The Morgan fingerprint density at radius 1 is 0.844 bits per heavy atom. The van der Waals surface area contributed by atoms with E-state index in [9.17, 15) is 13.2 Å². The first-order valence-corrected chi connectivity index (χ1v) is 18.1. The number of anilines is 1. The van der Waals surface area contributed by atoms with Gasteiger partial charge in [0.25, 0.3) is 10.1 Å². The van der Waals surface area contributed by atoms with Crippen LogP contribution in [0.5, 0.6) is 0 Å². The first-order chi connectivity index (χ1) is 21.3. The van der Waals surface area contributed by atoms with Crippen molar-refractivity contribution in [3.63, 3.8) is 0 Å². The maximum Gasteiger partial charge on any atom is 0.264 e. The molecule has 0 aromatic heterocycles. The van der Waals surface area contributed by atoms with E-state index in [0.29, 0.717) is 25.8 Å². The normalized spacial score (nSPS) is 17.6. The van der Waals surface area contributed by atoms with Crippen molar-refractivity contribution in [3.05, 3.63) is 95.7 Å². The number of unbranched alkanes of at least 4 members (excludes halogenated alkanes) is 3. The second-order valence-corrected chi connectivity index (χ2v) is 14.3. The number of nitrogens with zero attached hydrogens (tertiary/aromatic N) is 2. The Bertz CT molecular complexity index is 1560. The van der Waals surface area contributed by atoms with E-state index in [2.05, 4.69) is 110 Å². The molecule has 0 atom stereocenters. The van der Waals surface area contributed by atoms with Crippen molar-refractivity contribution in [2.75, 3.05) is 23.7 Å². The fourth-order valence-corrected chi connectivity index (χ4v) is 7.07. The van der Waals surface area contributed by atoms with Gasteiger partial charge in [0.05, 0.1) is 11.2 Å². The number of allylic oxidation sites excluding steroid dienone is 6. The summed E-state index contributed by atoms with van der Waals surface area (Å²) in [6.07, 6.45) is 15.4. The lowest BCUT2D eigenvalue weighted by Crippen LogP contribution is -2.27. The summed E-state index contributed by atoms with van der Waals surface area (Å²) < 4.78 is 34.0. The summed E-state index contributed by atoms with van der Waals surface area (Å²) in [4.78, 5) is 13.6. The molecule has 6 nitrogen and oxygen atoms in total. The standard InChI is InChI=1S/C36H46N2O4S.C2H6/c1-28(39)18-8-7-15-25-37-31-21-13-11-19-29(31)35(2,3)33(37)23-9-6-10-24-34-36(4,5)30-20-12-14-22-32(30)38(34)26-16-17-27-43(40,41)42;1-2/h6,9-14,19-24H,7-8,15-18,25-27H2,1-5H3;1-2H3/p+1. The van der Waals surface area contributed by atoms with E-state index in [1.54, 1.807) is 6.92 Å². The summed E-state index contributed by atoms with van der Waals surface area (Å²) in [7, 11) is -3.96. The van der Waals surface area contributed by atoms with Crippen molar-refractivity contribution in [2.45, 2.75) is 97.8 Å². The fraction of sp³-hybridized carbons (Fsp3) is 0.474. The van der Waals surface area contributed by atoms with E-state index >= 15 is 0 Å². The molecule has 2 aromatic rings. The summed E-state index contributed by atoms with van der Waals surface area (Å²) >= 11 is 0. The predicted octanol–water partition coefficient (Wildman–Crippen LogP) is 8.70. The first-order valence-electron chi connectivity index (χ1n) is 16.5. The van der Waals surface area contributed by atoms with Crippen LogP contribution in [-0.4, -0.2) is 47.9 Å². The topological polar surface area (TPSA) is 77.7 Å². The Labute approximate surface area is 272 Å². The molecule has 2 aromatic carbocycles. The van der Waals surface area contributed by atoms with Crippen molar-refractivity contribution in [3.8, 4) is 0 Å². The van der Waals surface area contributed by atoms with Crippen LogP contribution in [0.3, 0.4) is 0 Å². The Kier molecular flexibility index (Phi) is 12.7. The van der Waals surface area contributed by atoms with E-state index in [-0.39, 0.29) is 22.4 Å². The number of benzene rings is 2. The summed E-state index contributed by atoms with van der Waals surface area (Å²) in [6, 6.07) is 17.0. The van der Waals surface area contributed by atoms with Gasteiger partial charge in [-0.1, -0.05) is 82.3 Å². The summed E-state index contributed by atoms with van der Waals surface area (Å²) in [5.74, 6) is 0.0409. The molecule has 244 valence electrons. The number of para-hydroxylation sites is 2. The smallest absolute Gasteiger partial charge is 0.264 e. The Morgan fingerprint density at radius 3 is 2.20 bits per heavy atom. The largest absolute Gasteiger partial charge is 0.344 e. The highest BCUT2D eigenvalue weighted by Crippen LogP contribution is 2.47. The van der Waals surface area contributed by atoms with Crippen molar-refractivity contribution >= 4 is 33.0 Å². The molecule has 4 rings (SSSR count). The molecule has 0 saturated carbocycles. The second kappa shape index (κ2) is 15.8. The quantitative estimate of drug-likeness (QED) is 0.0975. The molecule has 7 heteroatoms. The minimum Gasteiger partial charge on any atom is -0.344 e. The highest BCUT2D eigenvalue weighted by atomic mass is 32.2. The van der Waals surface area contributed by atoms with Crippen molar-refractivity contribution in [1.82, 2.24) is 0 Å². The number of carbonyl (C=O) groups excluding carboxylic acids is 1. The highest BCUT2D eigenvalue weighted by Gasteiger charge is 2.43. The molecule has 0 amide bonds. The number of carbonyl (C=O) groups is 1. The molecule has 0 unspecified atom stereocenters. The van der Waals surface area contributed by atoms with E-state index in [1.165, 1.54) is 28.2 Å². The molecule has 0 saturated heterocycles. The van der Waals surface area contributed by atoms with Crippen molar-refractivity contribution < 1.29 is 22.3 Å². The van der Waals surface area contributed by atoms with Crippen LogP contribution in [0, 0.1) is 0 Å². The van der Waals surface area contributed by atoms with Gasteiger partial charge in [-0.05, 0) is 64.2 Å². The predicted molar refractivity (Wildman–Crippen MR) is 189 cm³/mol. The number of hydrogen-bond donors (Lipinski definition) is 1. The van der Waals surface area contributed by atoms with Gasteiger partial charge in [0.15, 0.2) is 5.71 Å². The van der Waals surface area contributed by atoms with Gasteiger partial charge >= 0.3 is 0 Å². The zero-order chi connectivity index (χ0) is 33.3. The molecular weight excluding hydrogens is 580 g/mol. The van der Waals surface area contributed by atoms with Gasteiger partial charge in [-0.15, -0.1) is 0 Å². The molecule has 2 heterocycles. The minimum absolute atomic E-state index is 0.118. The van der Waals surface area contributed by atoms with E-state index < -0.39 is 10.1 Å². The average Bonchev–Trinajstić information content (AvgIpc) is 3.34. The highest BCUT2D eigenvalue weighted by molar-refractivity contribution is 7.85. The monoisotopic (exact) mass is 633 g/mol. The molecule has 2 aliphatic rings. The average molecular weight is 634 g/mol. The SMILES string of the molecule is CC.CC(=O)CCCCC[N+]1=C(/C=C/C=C/C=C2\N(CCCCS(=O)(=O)O)c3ccccc3C2(C)C)C(C)(C)c2ccccc21. The van der Waals surface area contributed by atoms with Crippen molar-refractivity contribution in [1.29, 1.82) is 0 Å². The van der Waals surface area contributed by atoms with Crippen LogP contribution in [0.1, 0.15) is 98.1 Å². The van der Waals surface area contributed by atoms with Crippen LogP contribution in [-0.2, 0) is 25.7 Å². The summed E-state index contributed by atoms with van der Waals surface area (Å²) in [5.41, 5.74) is 7.11. The summed E-state index contributed by atoms with van der Waals surface area (Å²) in [6.45, 7) is 16.3. The number of fused-ring (bicyclic) bond motifs is 2. The molecule has 0 fully saturated rings. The zero-order valence-electron chi connectivity index (χ0n) is 28.3. The third kappa shape index (κ3) is 8.92. The Hall–Kier alpha value is -3.29. The maximum absolute atomic E-state index is 11.4. The van der Waals surface area contributed by atoms with E-state index in [1.807, 2.05) is 19.9 Å². The van der Waals surface area contributed by atoms with Gasteiger partial charge in [-0.2, -0.15) is 13.0 Å². The van der Waals surface area contributed by atoms with E-state index in [0.717, 1.165) is 31.5 Å². The van der Waals surface area contributed by atoms with Crippen LogP contribution < -0.4 is 4.90 Å². The zero-order valence-corrected chi connectivity index (χ0v) is 29.2. The lowest BCUT2D eigenvalue weighted by atomic mass is 9.81. The number of Topliss-reactive ketones (excluding diaryl/α,β-unsaturated/α-hetero) is 1. The van der Waals surface area contributed by atoms with Gasteiger partial charge in [0.2, 0.25) is 5.69 Å². The lowest BCUT2D eigenvalue weighted by Gasteiger charge is -2.27. The number of ketones is 1. The fourth-order valence-electron chi connectivity index (χ4n) is 6.50. The maximum atomic E-state index is 11.4. The first kappa shape index (κ1) is 36.2. The van der Waals surface area contributed by atoms with Crippen LogP contribution in [0.15, 0.2) is 84.6 Å². The molecule has 0 spiro atoms. The number of hydrogen-bond acceptors (Lipinski definition) is 4. The molecule has 45 heavy (non-hydrogen) atoms. The van der Waals surface area contributed by atoms with Crippen LogP contribution in [0.4, 0.5) is 11.4 Å². The molecule has 0 radical (unpaired) electrons. The van der Waals surface area contributed by atoms with Crippen LogP contribution >= 0.6 is 0 Å². The molecule has 2 aliphatic heterocycles. The molecular formula is C38H53N2O4S+. The Balaban J connectivity index is 0.00000271. The van der Waals surface area contributed by atoms with Gasteiger partial charge in [-0.3, -0.25) is 4.55 Å². The second-order valence-electron chi connectivity index (χ2n) is 12.8. The molecule has 0 aliphatic carbocycles. The number of rotatable bonds is 14. The summed E-state index contributed by atoms with van der Waals surface area (Å²) in [5, 5.41) is 0. The Morgan fingerprint density at radius 2 is 1.51 bits per heavy atom. The van der Waals surface area contributed by atoms with Gasteiger partial charge < -0.3 is 9.69 Å². The molecule has 0 bridgehead atoms. The van der Waals surface area contributed by atoms with Crippen molar-refractivity contribution in [2.24, 2.45) is 0 Å². The van der Waals surface area contributed by atoms with Gasteiger partial charge in [0, 0.05) is 53.9 Å². The van der Waals surface area contributed by atoms with Crippen LogP contribution in [0.2, 0.25) is 0 Å². The van der Waals surface area contributed by atoms with Gasteiger partial charge in [-0.25, -0.2) is 0 Å². The third-order valence-electron chi connectivity index (χ3n) is 8.77.